The SMILES string of the molecule is CC[Si]C.Cc1cc2c(C)cccc2[cH-]1.Cc1cc2c(C)cccc2[cH-]1.[Cl][Zr+2][Cl]. The number of aryl methyl sites for hydroxylation is 4. The van der Waals surface area contributed by atoms with Crippen molar-refractivity contribution in [1.29, 1.82) is 0 Å². The fourth-order valence-electron chi connectivity index (χ4n) is 3.08. The van der Waals surface area contributed by atoms with Crippen LogP contribution in [0.1, 0.15) is 29.2 Å². The molecule has 152 valence electrons. The van der Waals surface area contributed by atoms with E-state index in [-0.39, 0.29) is 0 Å². The third kappa shape index (κ3) is 8.93. The van der Waals surface area contributed by atoms with Crippen LogP contribution in [-0.2, 0) is 20.8 Å². The molecule has 29 heavy (non-hydrogen) atoms. The van der Waals surface area contributed by atoms with Crippen molar-refractivity contribution in [2.45, 2.75) is 47.2 Å². The van der Waals surface area contributed by atoms with Gasteiger partial charge in [0.05, 0.1) is 0 Å². The summed E-state index contributed by atoms with van der Waals surface area (Å²) >= 11 is -0.826. The fourth-order valence-corrected chi connectivity index (χ4v) is 3.08. The first-order valence-electron chi connectivity index (χ1n) is 9.74. The van der Waals surface area contributed by atoms with Gasteiger partial charge in [-0.15, -0.1) is 69.1 Å². The van der Waals surface area contributed by atoms with E-state index in [1.165, 1.54) is 49.8 Å². The van der Waals surface area contributed by atoms with Crippen LogP contribution < -0.4 is 0 Å². The molecule has 0 aliphatic carbocycles. The Kier molecular flexibility index (Phi) is 13.1. The van der Waals surface area contributed by atoms with Crippen molar-refractivity contribution < 1.29 is 20.8 Å². The van der Waals surface area contributed by atoms with Gasteiger partial charge in [0, 0.05) is 9.52 Å². The van der Waals surface area contributed by atoms with Crippen LogP contribution in [0.5, 0.6) is 0 Å². The standard InChI is InChI=1S/2C11H11.C3H8Si.2ClH.Zr/c2*1-8-6-10-5-3-4-9(2)11(10)7-8;1-3-4-2;;;/h2*3-7H,1-2H3;3H2,1-2H3;2*1H;/q2*-1;;;;+4/p-2. The second-order valence-electron chi connectivity index (χ2n) is 7.00. The molecule has 0 aliphatic heterocycles. The summed E-state index contributed by atoms with van der Waals surface area (Å²) in [5, 5.41) is 5.51. The van der Waals surface area contributed by atoms with Gasteiger partial charge in [-0.05, 0) is 13.8 Å². The summed E-state index contributed by atoms with van der Waals surface area (Å²) in [5.74, 6) is 0. The van der Waals surface area contributed by atoms with Crippen molar-refractivity contribution in [3.63, 3.8) is 0 Å². The van der Waals surface area contributed by atoms with Gasteiger partial charge >= 0.3 is 37.9 Å². The van der Waals surface area contributed by atoms with Crippen molar-refractivity contribution in [3.05, 3.63) is 82.9 Å². The second kappa shape index (κ2) is 14.4. The Morgan fingerprint density at radius 3 is 1.41 bits per heavy atom. The van der Waals surface area contributed by atoms with Crippen LogP contribution in [0.3, 0.4) is 0 Å². The van der Waals surface area contributed by atoms with Gasteiger partial charge < -0.3 is 0 Å². The second-order valence-corrected chi connectivity index (χ2v) is 12.1. The molecule has 0 saturated carbocycles. The van der Waals surface area contributed by atoms with Crippen molar-refractivity contribution in [3.8, 4) is 0 Å². The van der Waals surface area contributed by atoms with E-state index >= 15 is 0 Å². The molecule has 0 nitrogen and oxygen atoms in total. The first-order valence-corrected chi connectivity index (χ1v) is 17.8. The predicted octanol–water partition coefficient (Wildman–Crippen LogP) is 8.90. The average Bonchev–Trinajstić information content (AvgIpc) is 3.26. The summed E-state index contributed by atoms with van der Waals surface area (Å²) in [6.45, 7) is 13.0. The molecule has 4 aromatic rings. The number of fused-ring (bicyclic) bond motifs is 2. The predicted molar refractivity (Wildman–Crippen MR) is 132 cm³/mol. The van der Waals surface area contributed by atoms with Crippen LogP contribution >= 0.6 is 17.0 Å². The Hall–Kier alpha value is -0.660. The molecule has 0 heterocycles. The first-order chi connectivity index (χ1) is 13.9. The Labute approximate surface area is 197 Å². The monoisotopic (exact) mass is 518 g/mol. The van der Waals surface area contributed by atoms with E-state index in [0.717, 1.165) is 9.52 Å². The molecule has 0 N–H and O–H groups in total. The van der Waals surface area contributed by atoms with Gasteiger partial charge in [0.1, 0.15) is 0 Å². The molecule has 0 amide bonds. The van der Waals surface area contributed by atoms with Crippen molar-refractivity contribution in [2.24, 2.45) is 0 Å². The fraction of sp³-hybridized carbons (Fsp3) is 0.280. The van der Waals surface area contributed by atoms with E-state index in [1.807, 2.05) is 0 Å². The summed E-state index contributed by atoms with van der Waals surface area (Å²) < 4.78 is 0. The topological polar surface area (TPSA) is 0 Å². The summed E-state index contributed by atoms with van der Waals surface area (Å²) in [6.07, 6.45) is 0. The van der Waals surface area contributed by atoms with Gasteiger partial charge in [-0.3, -0.25) is 0 Å². The molecule has 0 bridgehead atoms. The van der Waals surface area contributed by atoms with Crippen LogP contribution in [0.15, 0.2) is 60.7 Å². The van der Waals surface area contributed by atoms with E-state index in [9.17, 15) is 0 Å². The Morgan fingerprint density at radius 2 is 1.14 bits per heavy atom. The first kappa shape index (κ1) is 26.4. The van der Waals surface area contributed by atoms with Crippen LogP contribution in [0.2, 0.25) is 12.6 Å². The molecule has 0 unspecified atom stereocenters. The molecular formula is C25H30Cl2SiZr. The zero-order valence-corrected chi connectivity index (χ0v) is 23.2. The Morgan fingerprint density at radius 1 is 0.793 bits per heavy atom. The number of rotatable bonds is 1. The molecule has 0 atom stereocenters. The summed E-state index contributed by atoms with van der Waals surface area (Å²) in [6, 6.07) is 23.1. The van der Waals surface area contributed by atoms with Crippen molar-refractivity contribution >= 4 is 48.1 Å². The van der Waals surface area contributed by atoms with Crippen molar-refractivity contribution in [1.82, 2.24) is 0 Å². The maximum atomic E-state index is 4.93. The molecule has 4 aromatic carbocycles. The van der Waals surface area contributed by atoms with Gasteiger partial charge in [0.25, 0.3) is 0 Å². The van der Waals surface area contributed by atoms with E-state index < -0.39 is 20.8 Å². The Balaban J connectivity index is 0.000000222. The number of hydrogen-bond acceptors (Lipinski definition) is 0. The quantitative estimate of drug-likeness (QED) is 0.174. The minimum atomic E-state index is -0.826. The third-order valence-corrected chi connectivity index (χ3v) is 5.29. The van der Waals surface area contributed by atoms with Crippen LogP contribution in [0, 0.1) is 27.7 Å². The molecule has 4 heteroatoms. The summed E-state index contributed by atoms with van der Waals surface area (Å²) in [7, 11) is 11.0. The molecule has 4 rings (SSSR count). The normalized spacial score (nSPS) is 9.52. The van der Waals surface area contributed by atoms with Crippen LogP contribution in [0.4, 0.5) is 0 Å². The Bertz CT molecular complexity index is 905. The van der Waals surface area contributed by atoms with Gasteiger partial charge in [-0.2, -0.15) is 12.1 Å². The number of benzene rings is 2. The maximum absolute atomic E-state index is 4.93. The van der Waals surface area contributed by atoms with E-state index in [1.54, 1.807) is 0 Å². The molecule has 0 aromatic heterocycles. The van der Waals surface area contributed by atoms with Gasteiger partial charge in [0.2, 0.25) is 0 Å². The van der Waals surface area contributed by atoms with Crippen LogP contribution in [-0.4, -0.2) is 9.52 Å². The molecular weight excluding hydrogens is 490 g/mol. The number of hydrogen-bond donors (Lipinski definition) is 0. The minimum absolute atomic E-state index is 0.826. The molecule has 0 fully saturated rings. The van der Waals surface area contributed by atoms with E-state index in [0.29, 0.717) is 0 Å². The average molecular weight is 521 g/mol. The van der Waals surface area contributed by atoms with Crippen LogP contribution in [0.25, 0.3) is 21.5 Å². The summed E-state index contributed by atoms with van der Waals surface area (Å²) in [5.41, 5.74) is 5.45. The van der Waals surface area contributed by atoms with Gasteiger partial charge in [0.15, 0.2) is 0 Å². The summed E-state index contributed by atoms with van der Waals surface area (Å²) in [4.78, 5) is 0. The number of halogens is 2. The molecule has 0 spiro atoms. The van der Waals surface area contributed by atoms with E-state index in [2.05, 4.69) is 102 Å². The van der Waals surface area contributed by atoms with Gasteiger partial charge in [-0.1, -0.05) is 56.6 Å². The van der Waals surface area contributed by atoms with Crippen molar-refractivity contribution in [2.75, 3.05) is 0 Å². The molecule has 0 aliphatic rings. The van der Waals surface area contributed by atoms with E-state index in [4.69, 9.17) is 17.0 Å². The molecule has 2 radical (unpaired) electrons. The third-order valence-electron chi connectivity index (χ3n) is 4.58. The van der Waals surface area contributed by atoms with Gasteiger partial charge in [-0.25, -0.2) is 0 Å². The molecule has 0 saturated heterocycles. The zero-order valence-electron chi connectivity index (χ0n) is 18.2. The zero-order chi connectivity index (χ0) is 21.8.